The average Bonchev–Trinajstić information content (AvgIpc) is 3.08. The molecule has 0 aliphatic rings. The zero-order valence-corrected chi connectivity index (χ0v) is 17.3. The highest BCUT2D eigenvalue weighted by atomic mass is 32.2. The third-order valence-electron chi connectivity index (χ3n) is 4.71. The molecule has 0 saturated carbocycles. The standard InChI is InChI=1S/C20H25N5O2S/c1-14-8-10-18(11-9-14)25-16(3)20(23-24-25)15(2)22-13-17-6-5-7-19(12-17)28(26,27)21-4/h5-12,15,21-22H,13H2,1-4H3. The molecule has 28 heavy (non-hydrogen) atoms. The minimum absolute atomic E-state index is 0.0382. The van der Waals surface area contributed by atoms with Crippen LogP contribution in [-0.4, -0.2) is 30.5 Å². The van der Waals surface area contributed by atoms with E-state index in [0.29, 0.717) is 6.54 Å². The molecule has 1 atom stereocenters. The molecule has 0 spiro atoms. The van der Waals surface area contributed by atoms with E-state index < -0.39 is 10.0 Å². The van der Waals surface area contributed by atoms with Crippen molar-refractivity contribution in [1.82, 2.24) is 25.0 Å². The number of hydrogen-bond donors (Lipinski definition) is 2. The summed E-state index contributed by atoms with van der Waals surface area (Å²) in [5, 5.41) is 12.0. The average molecular weight is 400 g/mol. The summed E-state index contributed by atoms with van der Waals surface area (Å²) >= 11 is 0. The topological polar surface area (TPSA) is 88.9 Å². The number of rotatable bonds is 7. The first kappa shape index (κ1) is 20.2. The van der Waals surface area contributed by atoms with Gasteiger partial charge in [-0.15, -0.1) is 5.10 Å². The summed E-state index contributed by atoms with van der Waals surface area (Å²) in [4.78, 5) is 0.253. The van der Waals surface area contributed by atoms with Crippen molar-refractivity contribution < 1.29 is 8.42 Å². The number of sulfonamides is 1. The van der Waals surface area contributed by atoms with Crippen molar-refractivity contribution in [3.05, 3.63) is 71.0 Å². The van der Waals surface area contributed by atoms with Crippen LogP contribution in [0.3, 0.4) is 0 Å². The van der Waals surface area contributed by atoms with Gasteiger partial charge in [-0.2, -0.15) is 0 Å². The molecule has 0 fully saturated rings. The SMILES string of the molecule is CNS(=O)(=O)c1cccc(CNC(C)c2nnn(-c3ccc(C)cc3)c2C)c1. The van der Waals surface area contributed by atoms with E-state index in [1.165, 1.54) is 12.6 Å². The number of aromatic nitrogens is 3. The van der Waals surface area contributed by atoms with E-state index in [2.05, 4.69) is 20.4 Å². The van der Waals surface area contributed by atoms with Gasteiger partial charge in [0.1, 0.15) is 5.69 Å². The van der Waals surface area contributed by atoms with Gasteiger partial charge in [-0.3, -0.25) is 0 Å². The minimum atomic E-state index is -3.45. The maximum Gasteiger partial charge on any atom is 0.240 e. The van der Waals surface area contributed by atoms with Crippen LogP contribution in [0.4, 0.5) is 0 Å². The van der Waals surface area contributed by atoms with E-state index in [4.69, 9.17) is 0 Å². The molecule has 3 aromatic rings. The van der Waals surface area contributed by atoms with Crippen molar-refractivity contribution in [2.24, 2.45) is 0 Å². The van der Waals surface area contributed by atoms with Gasteiger partial charge in [0.05, 0.1) is 22.3 Å². The van der Waals surface area contributed by atoms with Gasteiger partial charge in [0, 0.05) is 6.54 Å². The molecule has 2 N–H and O–H groups in total. The fraction of sp³-hybridized carbons (Fsp3) is 0.300. The van der Waals surface area contributed by atoms with Crippen LogP contribution in [0.15, 0.2) is 53.4 Å². The fourth-order valence-corrected chi connectivity index (χ4v) is 3.78. The predicted octanol–water partition coefficient (Wildman–Crippen LogP) is 2.64. The van der Waals surface area contributed by atoms with Gasteiger partial charge in [-0.1, -0.05) is 35.0 Å². The molecule has 0 aliphatic carbocycles. The van der Waals surface area contributed by atoms with Crippen LogP contribution in [0.5, 0.6) is 0 Å². The van der Waals surface area contributed by atoms with Crippen molar-refractivity contribution in [2.45, 2.75) is 38.3 Å². The lowest BCUT2D eigenvalue weighted by atomic mass is 10.1. The normalized spacial score (nSPS) is 12.9. The van der Waals surface area contributed by atoms with Crippen molar-refractivity contribution in [1.29, 1.82) is 0 Å². The Hall–Kier alpha value is -2.55. The second-order valence-corrected chi connectivity index (χ2v) is 8.65. The van der Waals surface area contributed by atoms with Crippen LogP contribution < -0.4 is 10.0 Å². The van der Waals surface area contributed by atoms with Crippen molar-refractivity contribution >= 4 is 10.0 Å². The molecule has 3 rings (SSSR count). The van der Waals surface area contributed by atoms with Crippen LogP contribution in [0.2, 0.25) is 0 Å². The molecule has 0 aliphatic heterocycles. The number of nitrogens with zero attached hydrogens (tertiary/aromatic N) is 3. The van der Waals surface area contributed by atoms with Crippen LogP contribution in [0.1, 0.15) is 35.5 Å². The highest BCUT2D eigenvalue weighted by Crippen LogP contribution is 2.19. The van der Waals surface area contributed by atoms with E-state index in [0.717, 1.165) is 22.6 Å². The van der Waals surface area contributed by atoms with Gasteiger partial charge in [-0.25, -0.2) is 17.8 Å². The minimum Gasteiger partial charge on any atom is -0.305 e. The first-order chi connectivity index (χ1) is 13.3. The molecule has 1 heterocycles. The van der Waals surface area contributed by atoms with Crippen LogP contribution in [-0.2, 0) is 16.6 Å². The van der Waals surface area contributed by atoms with Crippen LogP contribution in [0, 0.1) is 13.8 Å². The first-order valence-corrected chi connectivity index (χ1v) is 10.6. The Bertz CT molecular complexity index is 1060. The molecule has 0 bridgehead atoms. The Labute approximate surface area is 165 Å². The highest BCUT2D eigenvalue weighted by Gasteiger charge is 2.17. The van der Waals surface area contributed by atoms with Crippen molar-refractivity contribution in [3.8, 4) is 5.69 Å². The number of nitrogens with one attached hydrogen (secondary N) is 2. The zero-order chi connectivity index (χ0) is 20.3. The number of benzene rings is 2. The highest BCUT2D eigenvalue weighted by molar-refractivity contribution is 7.89. The molecule has 1 unspecified atom stereocenters. The summed E-state index contributed by atoms with van der Waals surface area (Å²) in [6, 6.07) is 15.0. The molecule has 0 amide bonds. The van der Waals surface area contributed by atoms with Gasteiger partial charge in [0.15, 0.2) is 0 Å². The lowest BCUT2D eigenvalue weighted by Gasteiger charge is -2.13. The van der Waals surface area contributed by atoms with Gasteiger partial charge >= 0.3 is 0 Å². The third kappa shape index (κ3) is 4.30. The van der Waals surface area contributed by atoms with Crippen molar-refractivity contribution in [3.63, 3.8) is 0 Å². The summed E-state index contributed by atoms with van der Waals surface area (Å²) in [6.45, 7) is 6.58. The fourth-order valence-electron chi connectivity index (χ4n) is 2.98. The molecule has 1 aromatic heterocycles. The van der Waals surface area contributed by atoms with Crippen molar-refractivity contribution in [2.75, 3.05) is 7.05 Å². The zero-order valence-electron chi connectivity index (χ0n) is 16.5. The Morgan fingerprint density at radius 2 is 1.82 bits per heavy atom. The summed E-state index contributed by atoms with van der Waals surface area (Å²) in [7, 11) is -2.05. The number of hydrogen-bond acceptors (Lipinski definition) is 5. The molecule has 2 aromatic carbocycles. The maximum atomic E-state index is 12.0. The molecule has 148 valence electrons. The van der Waals surface area contributed by atoms with Crippen LogP contribution in [0.25, 0.3) is 5.69 Å². The lowest BCUT2D eigenvalue weighted by molar-refractivity contribution is 0.557. The first-order valence-electron chi connectivity index (χ1n) is 9.07. The lowest BCUT2D eigenvalue weighted by Crippen LogP contribution is -2.21. The summed E-state index contributed by atoms with van der Waals surface area (Å²) in [5.74, 6) is 0. The summed E-state index contributed by atoms with van der Waals surface area (Å²) in [5.41, 5.74) is 4.88. The summed E-state index contributed by atoms with van der Waals surface area (Å²) in [6.07, 6.45) is 0. The predicted molar refractivity (Wildman–Crippen MR) is 109 cm³/mol. The van der Waals surface area contributed by atoms with E-state index in [1.54, 1.807) is 18.2 Å². The second kappa shape index (κ2) is 8.22. The molecule has 8 heteroatoms. The van der Waals surface area contributed by atoms with Gasteiger partial charge in [0.25, 0.3) is 0 Å². The molecule has 7 nitrogen and oxygen atoms in total. The van der Waals surface area contributed by atoms with E-state index in [1.807, 2.05) is 55.8 Å². The van der Waals surface area contributed by atoms with Crippen LogP contribution >= 0.6 is 0 Å². The van der Waals surface area contributed by atoms with E-state index >= 15 is 0 Å². The second-order valence-electron chi connectivity index (χ2n) is 6.77. The molecule has 0 radical (unpaired) electrons. The molecular formula is C20H25N5O2S. The Morgan fingerprint density at radius 1 is 1.11 bits per heavy atom. The molecule has 0 saturated heterocycles. The van der Waals surface area contributed by atoms with Gasteiger partial charge in [0.2, 0.25) is 10.0 Å². The Balaban J connectivity index is 1.73. The number of aryl methyl sites for hydroxylation is 1. The molecular weight excluding hydrogens is 374 g/mol. The quantitative estimate of drug-likeness (QED) is 0.638. The van der Waals surface area contributed by atoms with Gasteiger partial charge in [-0.05, 0) is 57.6 Å². The Kier molecular flexibility index (Phi) is 5.93. The largest absolute Gasteiger partial charge is 0.305 e. The van der Waals surface area contributed by atoms with Gasteiger partial charge < -0.3 is 5.32 Å². The van der Waals surface area contributed by atoms with E-state index in [-0.39, 0.29) is 10.9 Å². The van der Waals surface area contributed by atoms with E-state index in [9.17, 15) is 8.42 Å². The smallest absolute Gasteiger partial charge is 0.240 e. The monoisotopic (exact) mass is 399 g/mol. The summed E-state index contributed by atoms with van der Waals surface area (Å²) < 4.78 is 28.1. The maximum absolute atomic E-state index is 12.0. The third-order valence-corrected chi connectivity index (χ3v) is 6.12. The Morgan fingerprint density at radius 3 is 2.50 bits per heavy atom.